The molecule has 1 heteroatoms. The first-order chi connectivity index (χ1) is 7.93. The predicted octanol–water partition coefficient (Wildman–Crippen LogP) is 3.25. The van der Waals surface area contributed by atoms with Gasteiger partial charge in [-0.15, -0.1) is 0 Å². The Labute approximate surface area is 96.3 Å². The van der Waals surface area contributed by atoms with Crippen LogP contribution in [-0.4, -0.2) is 6.54 Å². The number of hydrogen-bond acceptors (Lipinski definition) is 1. The van der Waals surface area contributed by atoms with E-state index in [1.54, 1.807) is 0 Å². The molecule has 2 aromatic carbocycles. The molecule has 1 aliphatic rings. The highest BCUT2D eigenvalue weighted by Crippen LogP contribution is 2.23. The molecule has 0 fully saturated rings. The van der Waals surface area contributed by atoms with Gasteiger partial charge in [0, 0.05) is 18.8 Å². The number of rotatable bonds is 1. The molecule has 0 amide bonds. The van der Waals surface area contributed by atoms with E-state index in [-0.39, 0.29) is 0 Å². The van der Waals surface area contributed by atoms with Gasteiger partial charge in [-0.2, -0.15) is 0 Å². The van der Waals surface area contributed by atoms with Crippen molar-refractivity contribution in [1.29, 1.82) is 0 Å². The molecule has 0 saturated heterocycles. The molecule has 0 saturated carbocycles. The lowest BCUT2D eigenvalue weighted by Crippen LogP contribution is -2.30. The molecule has 1 aliphatic heterocycles. The van der Waals surface area contributed by atoms with Crippen molar-refractivity contribution >= 4 is 5.69 Å². The first kappa shape index (κ1) is 9.46. The van der Waals surface area contributed by atoms with Gasteiger partial charge in [-0.1, -0.05) is 42.5 Å². The molecule has 1 nitrogen and oxygen atoms in total. The van der Waals surface area contributed by atoms with E-state index < -0.39 is 0 Å². The van der Waals surface area contributed by atoms with Crippen molar-refractivity contribution in [3.05, 3.63) is 65.7 Å². The number of fused-ring (bicyclic) bond motifs is 1. The molecule has 3 rings (SSSR count). The fourth-order valence-corrected chi connectivity index (χ4v) is 2.35. The standard InChI is InChI=1S/C15H15N/c1-2-8-15(9-3-1)16-11-10-13-6-4-5-7-14(13)12-16/h1-9H,10-12H2. The van der Waals surface area contributed by atoms with Crippen molar-refractivity contribution in [3.8, 4) is 0 Å². The van der Waals surface area contributed by atoms with Gasteiger partial charge in [0.2, 0.25) is 0 Å². The van der Waals surface area contributed by atoms with E-state index in [9.17, 15) is 0 Å². The topological polar surface area (TPSA) is 3.24 Å². The van der Waals surface area contributed by atoms with Crippen LogP contribution in [0.25, 0.3) is 0 Å². The molecule has 0 radical (unpaired) electrons. The molecule has 16 heavy (non-hydrogen) atoms. The van der Waals surface area contributed by atoms with Gasteiger partial charge in [0.15, 0.2) is 0 Å². The minimum absolute atomic E-state index is 1.04. The van der Waals surface area contributed by atoms with Crippen molar-refractivity contribution in [2.24, 2.45) is 0 Å². The van der Waals surface area contributed by atoms with E-state index in [4.69, 9.17) is 0 Å². The van der Waals surface area contributed by atoms with Gasteiger partial charge in [0.25, 0.3) is 0 Å². The Morgan fingerprint density at radius 1 is 0.750 bits per heavy atom. The summed E-state index contributed by atoms with van der Waals surface area (Å²) in [7, 11) is 0. The smallest absolute Gasteiger partial charge is 0.0432 e. The van der Waals surface area contributed by atoms with E-state index in [1.165, 1.54) is 16.8 Å². The zero-order valence-corrected chi connectivity index (χ0v) is 9.26. The van der Waals surface area contributed by atoms with E-state index in [1.807, 2.05) is 0 Å². The Kier molecular flexibility index (Phi) is 2.37. The van der Waals surface area contributed by atoms with Crippen LogP contribution >= 0.6 is 0 Å². The highest BCUT2D eigenvalue weighted by molar-refractivity contribution is 5.49. The third-order valence-corrected chi connectivity index (χ3v) is 3.25. The average Bonchev–Trinajstić information content (AvgIpc) is 2.39. The summed E-state index contributed by atoms with van der Waals surface area (Å²) in [4.78, 5) is 2.45. The van der Waals surface area contributed by atoms with Crippen LogP contribution in [0.2, 0.25) is 0 Å². The SMILES string of the molecule is c1ccc(N2CCc3ccccc3C2)cc1. The van der Waals surface area contributed by atoms with E-state index >= 15 is 0 Å². The molecular formula is C15H15N. The average molecular weight is 209 g/mol. The third-order valence-electron chi connectivity index (χ3n) is 3.25. The van der Waals surface area contributed by atoms with Gasteiger partial charge < -0.3 is 4.90 Å². The second-order valence-corrected chi connectivity index (χ2v) is 4.28. The lowest BCUT2D eigenvalue weighted by Gasteiger charge is -2.30. The minimum Gasteiger partial charge on any atom is -0.367 e. The second-order valence-electron chi connectivity index (χ2n) is 4.28. The summed E-state index contributed by atoms with van der Waals surface area (Å²) in [6, 6.07) is 19.4. The lowest BCUT2D eigenvalue weighted by atomic mass is 9.99. The molecule has 0 spiro atoms. The Hall–Kier alpha value is -1.76. The highest BCUT2D eigenvalue weighted by Gasteiger charge is 2.15. The largest absolute Gasteiger partial charge is 0.367 e. The molecule has 80 valence electrons. The monoisotopic (exact) mass is 209 g/mol. The summed E-state index contributed by atoms with van der Waals surface area (Å²) in [6.07, 6.45) is 1.16. The molecule has 0 N–H and O–H groups in total. The number of hydrogen-bond donors (Lipinski definition) is 0. The van der Waals surface area contributed by atoms with Crippen LogP contribution in [0.4, 0.5) is 5.69 Å². The summed E-state index contributed by atoms with van der Waals surface area (Å²) >= 11 is 0. The maximum Gasteiger partial charge on any atom is 0.0432 e. The summed E-state index contributed by atoms with van der Waals surface area (Å²) in [5.74, 6) is 0. The van der Waals surface area contributed by atoms with Gasteiger partial charge in [0.05, 0.1) is 0 Å². The van der Waals surface area contributed by atoms with Crippen LogP contribution in [0.1, 0.15) is 11.1 Å². The summed E-state index contributed by atoms with van der Waals surface area (Å²) in [5, 5.41) is 0. The summed E-state index contributed by atoms with van der Waals surface area (Å²) in [6.45, 7) is 2.17. The third kappa shape index (κ3) is 1.69. The van der Waals surface area contributed by atoms with Gasteiger partial charge in [0.1, 0.15) is 0 Å². The van der Waals surface area contributed by atoms with Gasteiger partial charge in [-0.3, -0.25) is 0 Å². The summed E-state index contributed by atoms with van der Waals surface area (Å²) in [5.41, 5.74) is 4.31. The Balaban J connectivity index is 1.89. The predicted molar refractivity (Wildman–Crippen MR) is 67.6 cm³/mol. The maximum atomic E-state index is 2.45. The Bertz CT molecular complexity index is 476. The molecular weight excluding hydrogens is 194 g/mol. The van der Waals surface area contributed by atoms with Crippen molar-refractivity contribution in [2.75, 3.05) is 11.4 Å². The minimum atomic E-state index is 1.04. The second kappa shape index (κ2) is 4.01. The van der Waals surface area contributed by atoms with Crippen molar-refractivity contribution in [2.45, 2.75) is 13.0 Å². The molecule has 0 aliphatic carbocycles. The van der Waals surface area contributed by atoms with Crippen LogP contribution in [0.15, 0.2) is 54.6 Å². The lowest BCUT2D eigenvalue weighted by molar-refractivity contribution is 0.732. The van der Waals surface area contributed by atoms with Crippen molar-refractivity contribution in [3.63, 3.8) is 0 Å². The van der Waals surface area contributed by atoms with Gasteiger partial charge in [-0.25, -0.2) is 0 Å². The van der Waals surface area contributed by atoms with E-state index in [2.05, 4.69) is 59.5 Å². The molecule has 0 aromatic heterocycles. The van der Waals surface area contributed by atoms with Crippen LogP contribution in [0.5, 0.6) is 0 Å². The summed E-state index contributed by atoms with van der Waals surface area (Å²) < 4.78 is 0. The van der Waals surface area contributed by atoms with E-state index in [0.29, 0.717) is 0 Å². The molecule has 2 aromatic rings. The zero-order chi connectivity index (χ0) is 10.8. The van der Waals surface area contributed by atoms with Crippen LogP contribution in [-0.2, 0) is 13.0 Å². The fraction of sp³-hybridized carbons (Fsp3) is 0.200. The van der Waals surface area contributed by atoms with Gasteiger partial charge >= 0.3 is 0 Å². The highest BCUT2D eigenvalue weighted by atomic mass is 15.1. The molecule has 1 heterocycles. The Morgan fingerprint density at radius 2 is 1.44 bits per heavy atom. The van der Waals surface area contributed by atoms with Crippen LogP contribution in [0.3, 0.4) is 0 Å². The number of benzene rings is 2. The Morgan fingerprint density at radius 3 is 2.25 bits per heavy atom. The number of para-hydroxylation sites is 1. The molecule has 0 unspecified atom stereocenters. The zero-order valence-electron chi connectivity index (χ0n) is 9.26. The fourth-order valence-electron chi connectivity index (χ4n) is 2.35. The van der Waals surface area contributed by atoms with Crippen LogP contribution in [0, 0.1) is 0 Å². The van der Waals surface area contributed by atoms with Crippen LogP contribution < -0.4 is 4.90 Å². The van der Waals surface area contributed by atoms with Gasteiger partial charge in [-0.05, 0) is 29.7 Å². The quantitative estimate of drug-likeness (QED) is 0.697. The molecule has 0 atom stereocenters. The first-order valence-corrected chi connectivity index (χ1v) is 5.80. The first-order valence-electron chi connectivity index (χ1n) is 5.80. The maximum absolute atomic E-state index is 2.45. The number of nitrogens with zero attached hydrogens (tertiary/aromatic N) is 1. The van der Waals surface area contributed by atoms with Crippen molar-refractivity contribution < 1.29 is 0 Å². The van der Waals surface area contributed by atoms with Crippen molar-refractivity contribution in [1.82, 2.24) is 0 Å². The van der Waals surface area contributed by atoms with E-state index in [0.717, 1.165) is 19.5 Å². The molecule has 0 bridgehead atoms. The normalized spacial score (nSPS) is 14.6. The number of anilines is 1.